The summed E-state index contributed by atoms with van der Waals surface area (Å²) in [6.45, 7) is 6.01. The monoisotopic (exact) mass is 281 g/mol. The van der Waals surface area contributed by atoms with Crippen molar-refractivity contribution in [3.63, 3.8) is 0 Å². The number of hydrogen-bond donors (Lipinski definition) is 1. The van der Waals surface area contributed by atoms with Crippen molar-refractivity contribution in [2.45, 2.75) is 27.2 Å². The third-order valence-electron chi connectivity index (χ3n) is 2.97. The molecule has 0 saturated carbocycles. The standard InChI is InChI=1S/C15H20FNO3/c1-10(2)9-17(8-7-14(18)19)15(20)12-5-4-6-13(16)11(12)3/h4-6,10H,7-9H2,1-3H3,(H,18,19). The van der Waals surface area contributed by atoms with E-state index in [4.69, 9.17) is 5.11 Å². The van der Waals surface area contributed by atoms with Crippen molar-refractivity contribution in [1.82, 2.24) is 4.90 Å². The van der Waals surface area contributed by atoms with E-state index in [2.05, 4.69) is 0 Å². The molecule has 0 fully saturated rings. The van der Waals surface area contributed by atoms with E-state index in [9.17, 15) is 14.0 Å². The largest absolute Gasteiger partial charge is 0.481 e. The molecule has 1 rings (SSSR count). The Morgan fingerprint density at radius 3 is 2.55 bits per heavy atom. The van der Waals surface area contributed by atoms with Crippen LogP contribution in [-0.4, -0.2) is 35.0 Å². The van der Waals surface area contributed by atoms with Crippen LogP contribution in [0.2, 0.25) is 0 Å². The smallest absolute Gasteiger partial charge is 0.305 e. The number of halogens is 1. The van der Waals surface area contributed by atoms with Gasteiger partial charge in [-0.25, -0.2) is 4.39 Å². The number of hydrogen-bond acceptors (Lipinski definition) is 2. The molecule has 1 N–H and O–H groups in total. The molecule has 5 heteroatoms. The van der Waals surface area contributed by atoms with E-state index in [-0.39, 0.29) is 30.4 Å². The third kappa shape index (κ3) is 4.33. The lowest BCUT2D eigenvalue weighted by Crippen LogP contribution is -2.36. The summed E-state index contributed by atoms with van der Waals surface area (Å²) in [5.41, 5.74) is 0.581. The summed E-state index contributed by atoms with van der Waals surface area (Å²) in [6, 6.07) is 4.35. The molecule has 0 spiro atoms. The zero-order valence-corrected chi connectivity index (χ0v) is 12.0. The van der Waals surface area contributed by atoms with Crippen LogP contribution in [0.5, 0.6) is 0 Å². The van der Waals surface area contributed by atoms with E-state index < -0.39 is 11.8 Å². The van der Waals surface area contributed by atoms with Crippen molar-refractivity contribution in [3.8, 4) is 0 Å². The Balaban J connectivity index is 2.96. The van der Waals surface area contributed by atoms with Crippen molar-refractivity contribution in [3.05, 3.63) is 35.1 Å². The quantitative estimate of drug-likeness (QED) is 0.872. The second-order valence-corrected chi connectivity index (χ2v) is 5.20. The molecular formula is C15H20FNO3. The van der Waals surface area contributed by atoms with Crippen molar-refractivity contribution in [2.75, 3.05) is 13.1 Å². The Morgan fingerprint density at radius 1 is 1.35 bits per heavy atom. The molecule has 0 aliphatic rings. The van der Waals surface area contributed by atoms with Crippen LogP contribution in [0.25, 0.3) is 0 Å². The van der Waals surface area contributed by atoms with E-state index in [0.717, 1.165) is 0 Å². The zero-order chi connectivity index (χ0) is 15.3. The number of benzene rings is 1. The average Bonchev–Trinajstić information content (AvgIpc) is 2.36. The summed E-state index contributed by atoms with van der Waals surface area (Å²) in [6.07, 6.45) is -0.118. The van der Waals surface area contributed by atoms with E-state index in [0.29, 0.717) is 12.1 Å². The minimum Gasteiger partial charge on any atom is -0.481 e. The number of nitrogens with zero attached hydrogens (tertiary/aromatic N) is 1. The fourth-order valence-corrected chi connectivity index (χ4v) is 1.96. The number of carboxylic acid groups (broad SMARTS) is 1. The summed E-state index contributed by atoms with van der Waals surface area (Å²) in [7, 11) is 0. The highest BCUT2D eigenvalue weighted by Gasteiger charge is 2.20. The van der Waals surface area contributed by atoms with E-state index in [1.165, 1.54) is 17.0 Å². The van der Waals surface area contributed by atoms with Crippen LogP contribution in [0.1, 0.15) is 36.2 Å². The van der Waals surface area contributed by atoms with Crippen LogP contribution in [0.15, 0.2) is 18.2 Å². The molecule has 0 radical (unpaired) electrons. The van der Waals surface area contributed by atoms with Gasteiger partial charge in [0.15, 0.2) is 0 Å². The molecule has 0 aliphatic carbocycles. The maximum Gasteiger partial charge on any atom is 0.305 e. The minimum atomic E-state index is -0.956. The van der Waals surface area contributed by atoms with Gasteiger partial charge in [-0.2, -0.15) is 0 Å². The highest BCUT2D eigenvalue weighted by molar-refractivity contribution is 5.95. The van der Waals surface area contributed by atoms with Gasteiger partial charge < -0.3 is 10.0 Å². The number of carbonyl (C=O) groups excluding carboxylic acids is 1. The Labute approximate surface area is 118 Å². The van der Waals surface area contributed by atoms with Crippen LogP contribution >= 0.6 is 0 Å². The molecule has 0 atom stereocenters. The topological polar surface area (TPSA) is 57.6 Å². The summed E-state index contributed by atoms with van der Waals surface area (Å²) >= 11 is 0. The molecule has 1 aromatic carbocycles. The van der Waals surface area contributed by atoms with Crippen LogP contribution in [0, 0.1) is 18.7 Å². The third-order valence-corrected chi connectivity index (χ3v) is 2.97. The second-order valence-electron chi connectivity index (χ2n) is 5.20. The summed E-state index contributed by atoms with van der Waals surface area (Å²) in [5.74, 6) is -1.50. The Morgan fingerprint density at radius 2 is 2.00 bits per heavy atom. The van der Waals surface area contributed by atoms with Gasteiger partial charge in [-0.1, -0.05) is 19.9 Å². The molecule has 110 valence electrons. The summed E-state index contributed by atoms with van der Waals surface area (Å²) in [4.78, 5) is 24.6. The predicted octanol–water partition coefficient (Wildman–Crippen LogP) is 2.71. The maximum absolute atomic E-state index is 13.5. The van der Waals surface area contributed by atoms with Crippen LogP contribution < -0.4 is 0 Å². The molecule has 0 aliphatic heterocycles. The molecular weight excluding hydrogens is 261 g/mol. The van der Waals surface area contributed by atoms with Gasteiger partial charge >= 0.3 is 5.97 Å². The average molecular weight is 281 g/mol. The van der Waals surface area contributed by atoms with Crippen LogP contribution in [-0.2, 0) is 4.79 Å². The molecule has 0 bridgehead atoms. The van der Waals surface area contributed by atoms with Crippen molar-refractivity contribution in [2.24, 2.45) is 5.92 Å². The van der Waals surface area contributed by atoms with E-state index in [1.807, 2.05) is 13.8 Å². The molecule has 4 nitrogen and oxygen atoms in total. The Bertz CT molecular complexity index is 500. The first-order chi connectivity index (χ1) is 9.32. The summed E-state index contributed by atoms with van der Waals surface area (Å²) in [5, 5.41) is 8.75. The lowest BCUT2D eigenvalue weighted by molar-refractivity contribution is -0.137. The number of carbonyl (C=O) groups is 2. The highest BCUT2D eigenvalue weighted by atomic mass is 19.1. The maximum atomic E-state index is 13.5. The van der Waals surface area contributed by atoms with Gasteiger partial charge in [-0.3, -0.25) is 9.59 Å². The highest BCUT2D eigenvalue weighted by Crippen LogP contribution is 2.15. The fourth-order valence-electron chi connectivity index (χ4n) is 1.96. The Kier molecular flexibility index (Phi) is 5.67. The van der Waals surface area contributed by atoms with Crippen LogP contribution in [0.3, 0.4) is 0 Å². The lowest BCUT2D eigenvalue weighted by Gasteiger charge is -2.24. The first kappa shape index (κ1) is 16.1. The molecule has 1 aromatic rings. The van der Waals surface area contributed by atoms with Gasteiger partial charge in [-0.05, 0) is 30.5 Å². The Hall–Kier alpha value is -1.91. The first-order valence-electron chi connectivity index (χ1n) is 6.59. The summed E-state index contributed by atoms with van der Waals surface area (Å²) < 4.78 is 13.5. The minimum absolute atomic E-state index is 0.118. The van der Waals surface area contributed by atoms with Crippen molar-refractivity contribution in [1.29, 1.82) is 0 Å². The van der Waals surface area contributed by atoms with Gasteiger partial charge in [0.05, 0.1) is 6.42 Å². The van der Waals surface area contributed by atoms with Gasteiger partial charge in [0.1, 0.15) is 5.82 Å². The van der Waals surface area contributed by atoms with Gasteiger partial charge in [-0.15, -0.1) is 0 Å². The number of aliphatic carboxylic acids is 1. The van der Waals surface area contributed by atoms with Crippen molar-refractivity contribution < 1.29 is 19.1 Å². The number of amides is 1. The molecule has 0 saturated heterocycles. The lowest BCUT2D eigenvalue weighted by atomic mass is 10.1. The van der Waals surface area contributed by atoms with Gasteiger partial charge in [0.25, 0.3) is 5.91 Å². The number of carboxylic acids is 1. The van der Waals surface area contributed by atoms with E-state index >= 15 is 0 Å². The molecule has 0 aromatic heterocycles. The van der Waals surface area contributed by atoms with Gasteiger partial charge in [0.2, 0.25) is 0 Å². The first-order valence-corrected chi connectivity index (χ1v) is 6.59. The normalized spacial score (nSPS) is 10.7. The fraction of sp³-hybridized carbons (Fsp3) is 0.467. The van der Waals surface area contributed by atoms with Crippen LogP contribution in [0.4, 0.5) is 4.39 Å². The van der Waals surface area contributed by atoms with Gasteiger partial charge in [0, 0.05) is 18.7 Å². The predicted molar refractivity (Wildman–Crippen MR) is 74.1 cm³/mol. The molecule has 20 heavy (non-hydrogen) atoms. The molecule has 0 heterocycles. The second kappa shape index (κ2) is 7.03. The SMILES string of the molecule is Cc1c(F)cccc1C(=O)N(CCC(=O)O)CC(C)C. The zero-order valence-electron chi connectivity index (χ0n) is 12.0. The van der Waals surface area contributed by atoms with E-state index in [1.54, 1.807) is 13.0 Å². The molecule has 1 amide bonds. The number of rotatable bonds is 6. The van der Waals surface area contributed by atoms with Crippen molar-refractivity contribution >= 4 is 11.9 Å². The molecule has 0 unspecified atom stereocenters.